The molecular formula is C16H25ClN2. The zero-order valence-corrected chi connectivity index (χ0v) is 12.8. The Morgan fingerprint density at radius 2 is 2.05 bits per heavy atom. The smallest absolute Gasteiger partial charge is 0.0426 e. The molecule has 1 fully saturated rings. The zero-order chi connectivity index (χ0) is 13.7. The van der Waals surface area contributed by atoms with E-state index in [0.717, 1.165) is 17.5 Å². The molecule has 0 unspecified atom stereocenters. The molecule has 0 amide bonds. The molecule has 0 aromatic heterocycles. The lowest BCUT2D eigenvalue weighted by Gasteiger charge is -2.35. The van der Waals surface area contributed by atoms with E-state index in [-0.39, 0.29) is 0 Å². The van der Waals surface area contributed by atoms with Gasteiger partial charge in [0.1, 0.15) is 0 Å². The first-order valence-electron chi connectivity index (χ1n) is 7.42. The Hall–Kier alpha value is -0.730. The number of benzene rings is 1. The molecule has 106 valence electrons. The summed E-state index contributed by atoms with van der Waals surface area (Å²) >= 11 is 6.17. The maximum Gasteiger partial charge on any atom is 0.0426 e. The molecule has 2 rings (SSSR count). The van der Waals surface area contributed by atoms with Gasteiger partial charge in [0.25, 0.3) is 0 Å². The molecule has 0 spiro atoms. The molecule has 1 N–H and O–H groups in total. The summed E-state index contributed by atoms with van der Waals surface area (Å²) in [4.78, 5) is 2.50. The average molecular weight is 281 g/mol. The van der Waals surface area contributed by atoms with Gasteiger partial charge in [0.05, 0.1) is 0 Å². The Morgan fingerprint density at radius 3 is 2.68 bits per heavy atom. The van der Waals surface area contributed by atoms with Gasteiger partial charge in [-0.3, -0.25) is 0 Å². The molecule has 0 atom stereocenters. The van der Waals surface area contributed by atoms with Crippen LogP contribution in [-0.2, 0) is 6.54 Å². The summed E-state index contributed by atoms with van der Waals surface area (Å²) in [6.07, 6.45) is 5.33. The normalized spacial score (nSPS) is 16.9. The summed E-state index contributed by atoms with van der Waals surface area (Å²) < 4.78 is 0. The first kappa shape index (κ1) is 14.7. The maximum absolute atomic E-state index is 6.17. The van der Waals surface area contributed by atoms with Crippen LogP contribution in [0, 0.1) is 5.92 Å². The molecule has 0 aliphatic carbocycles. The molecule has 1 aromatic rings. The van der Waals surface area contributed by atoms with E-state index in [4.69, 9.17) is 11.6 Å². The van der Waals surface area contributed by atoms with Crippen LogP contribution in [-0.4, -0.2) is 20.1 Å². The molecule has 19 heavy (non-hydrogen) atoms. The molecule has 2 nitrogen and oxygen atoms in total. The summed E-state index contributed by atoms with van der Waals surface area (Å²) in [5.41, 5.74) is 2.66. The van der Waals surface area contributed by atoms with E-state index in [9.17, 15) is 0 Å². The van der Waals surface area contributed by atoms with Crippen LogP contribution in [0.1, 0.15) is 38.2 Å². The van der Waals surface area contributed by atoms with Crippen molar-refractivity contribution in [2.75, 3.05) is 25.0 Å². The van der Waals surface area contributed by atoms with Crippen molar-refractivity contribution in [2.24, 2.45) is 5.92 Å². The second-order valence-electron chi connectivity index (χ2n) is 5.52. The summed E-state index contributed by atoms with van der Waals surface area (Å²) in [6, 6.07) is 6.25. The molecule has 3 heteroatoms. The quantitative estimate of drug-likeness (QED) is 0.874. The molecular weight excluding hydrogens is 256 g/mol. The summed E-state index contributed by atoms with van der Waals surface area (Å²) in [7, 11) is 1.99. The molecule has 0 radical (unpaired) electrons. The van der Waals surface area contributed by atoms with Crippen LogP contribution in [0.2, 0.25) is 5.02 Å². The van der Waals surface area contributed by atoms with Crippen LogP contribution in [0.3, 0.4) is 0 Å². The van der Waals surface area contributed by atoms with Crippen LogP contribution in [0.5, 0.6) is 0 Å². The molecule has 1 saturated heterocycles. The van der Waals surface area contributed by atoms with Gasteiger partial charge in [0, 0.05) is 30.3 Å². The van der Waals surface area contributed by atoms with Gasteiger partial charge < -0.3 is 10.2 Å². The zero-order valence-electron chi connectivity index (χ0n) is 12.1. The molecule has 1 heterocycles. The number of anilines is 1. The highest BCUT2D eigenvalue weighted by Gasteiger charge is 2.20. The van der Waals surface area contributed by atoms with Gasteiger partial charge in [-0.05, 0) is 43.5 Å². The van der Waals surface area contributed by atoms with E-state index in [1.54, 1.807) is 0 Å². The van der Waals surface area contributed by atoms with E-state index in [2.05, 4.69) is 29.3 Å². The Morgan fingerprint density at radius 1 is 1.32 bits per heavy atom. The largest absolute Gasteiger partial charge is 0.371 e. The molecule has 0 bridgehead atoms. The van der Waals surface area contributed by atoms with Crippen molar-refractivity contribution in [1.29, 1.82) is 0 Å². The van der Waals surface area contributed by atoms with E-state index < -0.39 is 0 Å². The van der Waals surface area contributed by atoms with Gasteiger partial charge in [-0.2, -0.15) is 0 Å². The fourth-order valence-electron chi connectivity index (χ4n) is 3.04. The fourth-order valence-corrected chi connectivity index (χ4v) is 3.21. The highest BCUT2D eigenvalue weighted by Crippen LogP contribution is 2.30. The third-order valence-electron chi connectivity index (χ3n) is 4.07. The van der Waals surface area contributed by atoms with Crippen LogP contribution in [0.4, 0.5) is 5.69 Å². The Balaban J connectivity index is 2.07. The molecule has 1 aromatic carbocycles. The van der Waals surface area contributed by atoms with Crippen molar-refractivity contribution >= 4 is 17.3 Å². The monoisotopic (exact) mass is 280 g/mol. The highest BCUT2D eigenvalue weighted by atomic mass is 35.5. The standard InChI is InChI=1S/C16H25ClN2/c1-3-4-13-7-9-19(10-8-13)16-11-15(17)6-5-14(16)12-18-2/h5-6,11,13,18H,3-4,7-10,12H2,1-2H3. The van der Waals surface area contributed by atoms with E-state index >= 15 is 0 Å². The molecule has 1 aliphatic rings. The first-order chi connectivity index (χ1) is 9.24. The first-order valence-corrected chi connectivity index (χ1v) is 7.80. The molecule has 0 saturated carbocycles. The number of halogens is 1. The van der Waals surface area contributed by atoms with Crippen LogP contribution in [0.15, 0.2) is 18.2 Å². The maximum atomic E-state index is 6.17. The number of hydrogen-bond donors (Lipinski definition) is 1. The topological polar surface area (TPSA) is 15.3 Å². The van der Waals surface area contributed by atoms with Gasteiger partial charge >= 0.3 is 0 Å². The van der Waals surface area contributed by atoms with E-state index in [1.165, 1.54) is 50.0 Å². The minimum atomic E-state index is 0.838. The predicted molar refractivity (Wildman–Crippen MR) is 84.1 cm³/mol. The van der Waals surface area contributed by atoms with Crippen LogP contribution in [0.25, 0.3) is 0 Å². The van der Waals surface area contributed by atoms with Crippen molar-refractivity contribution in [2.45, 2.75) is 39.2 Å². The van der Waals surface area contributed by atoms with Crippen molar-refractivity contribution in [1.82, 2.24) is 5.32 Å². The van der Waals surface area contributed by atoms with Crippen LogP contribution >= 0.6 is 11.6 Å². The third kappa shape index (κ3) is 3.87. The Bertz CT molecular complexity index is 398. The van der Waals surface area contributed by atoms with Gasteiger partial charge in [-0.1, -0.05) is 37.4 Å². The highest BCUT2D eigenvalue weighted by molar-refractivity contribution is 6.30. The summed E-state index contributed by atoms with van der Waals surface area (Å²) in [5, 5.41) is 4.08. The number of rotatable bonds is 5. The Labute approximate surface area is 122 Å². The lowest BCUT2D eigenvalue weighted by Crippen LogP contribution is -2.34. The SMILES string of the molecule is CCCC1CCN(c2cc(Cl)ccc2CNC)CC1. The van der Waals surface area contributed by atoms with Crippen LogP contribution < -0.4 is 10.2 Å². The number of piperidine rings is 1. The second kappa shape index (κ2) is 7.16. The van der Waals surface area contributed by atoms with Crippen molar-refractivity contribution in [3.63, 3.8) is 0 Å². The number of nitrogens with zero attached hydrogens (tertiary/aromatic N) is 1. The minimum absolute atomic E-state index is 0.838. The van der Waals surface area contributed by atoms with Crippen molar-refractivity contribution in [3.8, 4) is 0 Å². The Kier molecular flexibility index (Phi) is 5.53. The lowest BCUT2D eigenvalue weighted by molar-refractivity contribution is 0.378. The predicted octanol–water partition coefficient (Wildman–Crippen LogP) is 4.08. The summed E-state index contributed by atoms with van der Waals surface area (Å²) in [5.74, 6) is 0.924. The van der Waals surface area contributed by atoms with Crippen molar-refractivity contribution < 1.29 is 0 Å². The van der Waals surface area contributed by atoms with Gasteiger partial charge in [-0.15, -0.1) is 0 Å². The molecule has 1 aliphatic heterocycles. The second-order valence-corrected chi connectivity index (χ2v) is 5.96. The van der Waals surface area contributed by atoms with Gasteiger partial charge in [0.2, 0.25) is 0 Å². The van der Waals surface area contributed by atoms with E-state index in [1.807, 2.05) is 13.1 Å². The minimum Gasteiger partial charge on any atom is -0.371 e. The number of nitrogens with one attached hydrogen (secondary N) is 1. The lowest BCUT2D eigenvalue weighted by atomic mass is 9.92. The number of hydrogen-bond acceptors (Lipinski definition) is 2. The average Bonchev–Trinajstić information content (AvgIpc) is 2.42. The third-order valence-corrected chi connectivity index (χ3v) is 4.30. The van der Waals surface area contributed by atoms with E-state index in [0.29, 0.717) is 0 Å². The summed E-state index contributed by atoms with van der Waals surface area (Å²) in [6.45, 7) is 5.53. The van der Waals surface area contributed by atoms with Crippen molar-refractivity contribution in [3.05, 3.63) is 28.8 Å². The van der Waals surface area contributed by atoms with Gasteiger partial charge in [0.15, 0.2) is 0 Å². The fraction of sp³-hybridized carbons (Fsp3) is 0.625. The van der Waals surface area contributed by atoms with Gasteiger partial charge in [-0.25, -0.2) is 0 Å².